The van der Waals surface area contributed by atoms with Crippen LogP contribution in [0.15, 0.2) is 36.7 Å². The maximum Gasteiger partial charge on any atom is 0.122 e. The molecule has 144 valence electrons. The van der Waals surface area contributed by atoms with Crippen molar-refractivity contribution in [2.45, 2.75) is 45.3 Å². The molecular weight excluding hydrogens is 336 g/mol. The number of piperidine rings is 1. The summed E-state index contributed by atoms with van der Waals surface area (Å²) in [5.74, 6) is 1.50. The Labute approximate surface area is 162 Å². The summed E-state index contributed by atoms with van der Waals surface area (Å²) in [4.78, 5) is 6.81. The second-order valence-electron chi connectivity index (χ2n) is 8.33. The van der Waals surface area contributed by atoms with Gasteiger partial charge >= 0.3 is 0 Å². The van der Waals surface area contributed by atoms with Gasteiger partial charge in [-0.05, 0) is 55.5 Å². The second-order valence-corrected chi connectivity index (χ2v) is 8.33. The summed E-state index contributed by atoms with van der Waals surface area (Å²) in [6, 6.07) is 8.39. The van der Waals surface area contributed by atoms with Gasteiger partial charge in [0.05, 0.1) is 12.7 Å². The number of hydrogen-bond acceptors (Lipinski definition) is 4. The average molecular weight is 367 g/mol. The zero-order chi connectivity index (χ0) is 19.0. The predicted molar refractivity (Wildman–Crippen MR) is 107 cm³/mol. The molecule has 1 aromatic carbocycles. The Morgan fingerprint density at radius 1 is 1.19 bits per heavy atom. The highest BCUT2D eigenvalue weighted by Crippen LogP contribution is 2.49. The number of aliphatic hydroxyl groups is 1. The topological polar surface area (TPSA) is 45.6 Å². The fourth-order valence-corrected chi connectivity index (χ4v) is 5.22. The normalized spacial score (nSPS) is 28.1. The molecule has 1 aliphatic carbocycles. The maximum absolute atomic E-state index is 11.7. The summed E-state index contributed by atoms with van der Waals surface area (Å²) < 4.78 is 5.46. The van der Waals surface area contributed by atoms with Crippen LogP contribution >= 0.6 is 0 Å². The van der Waals surface area contributed by atoms with Crippen LogP contribution in [0.4, 0.5) is 0 Å². The van der Waals surface area contributed by atoms with Gasteiger partial charge in [0.25, 0.3) is 0 Å². The summed E-state index contributed by atoms with van der Waals surface area (Å²) in [6.45, 7) is 7.08. The summed E-state index contributed by atoms with van der Waals surface area (Å²) in [5.41, 5.74) is 4.08. The number of aromatic nitrogens is 1. The van der Waals surface area contributed by atoms with Crippen LogP contribution in [-0.2, 0) is 12.1 Å². The van der Waals surface area contributed by atoms with Crippen molar-refractivity contribution in [2.75, 3.05) is 20.2 Å². The Hall–Kier alpha value is -1.91. The molecule has 2 heterocycles. The standard InChI is InChI=1S/C23H30N2O2/c1-16-11-22(27-3)17(2)10-18(16)13-25-14-20-6-4-7-21(15-25)23(20,26)19-8-5-9-24-12-19/h5,8-12,20-21,26H,4,6-7,13-15H2,1-3H3. The molecule has 1 N–H and O–H groups in total. The van der Waals surface area contributed by atoms with Crippen molar-refractivity contribution < 1.29 is 9.84 Å². The van der Waals surface area contributed by atoms with E-state index in [-0.39, 0.29) is 11.8 Å². The van der Waals surface area contributed by atoms with Gasteiger partial charge in [0.1, 0.15) is 5.75 Å². The van der Waals surface area contributed by atoms with Gasteiger partial charge in [0.15, 0.2) is 0 Å². The fraction of sp³-hybridized carbons (Fsp3) is 0.522. The highest BCUT2D eigenvalue weighted by molar-refractivity contribution is 5.41. The molecule has 1 aromatic heterocycles. The molecule has 2 aromatic rings. The van der Waals surface area contributed by atoms with Gasteiger partial charge in [-0.3, -0.25) is 9.88 Å². The molecule has 2 fully saturated rings. The third-order valence-electron chi connectivity index (χ3n) is 6.68. The lowest BCUT2D eigenvalue weighted by molar-refractivity contribution is -0.148. The van der Waals surface area contributed by atoms with Gasteiger partial charge in [-0.25, -0.2) is 0 Å². The number of methoxy groups -OCH3 is 1. The highest BCUT2D eigenvalue weighted by Gasteiger charge is 2.51. The Morgan fingerprint density at radius 3 is 2.56 bits per heavy atom. The quantitative estimate of drug-likeness (QED) is 0.893. The van der Waals surface area contributed by atoms with Crippen LogP contribution in [0.25, 0.3) is 0 Å². The third kappa shape index (κ3) is 3.26. The van der Waals surface area contributed by atoms with Crippen molar-refractivity contribution in [3.8, 4) is 5.75 Å². The first-order valence-electron chi connectivity index (χ1n) is 10.0. The maximum atomic E-state index is 11.7. The van der Waals surface area contributed by atoms with Gasteiger partial charge in [-0.2, -0.15) is 0 Å². The van der Waals surface area contributed by atoms with E-state index in [4.69, 9.17) is 4.74 Å². The number of fused-ring (bicyclic) bond motifs is 2. The number of hydrogen-bond donors (Lipinski definition) is 1. The number of ether oxygens (including phenoxy) is 1. The SMILES string of the molecule is COc1cc(C)c(CN2CC3CCCC(C2)C3(O)c2cccnc2)cc1C. The monoisotopic (exact) mass is 366 g/mol. The Kier molecular flexibility index (Phi) is 4.95. The summed E-state index contributed by atoms with van der Waals surface area (Å²) in [6.07, 6.45) is 7.02. The van der Waals surface area contributed by atoms with Crippen LogP contribution in [0.1, 0.15) is 41.5 Å². The van der Waals surface area contributed by atoms with Crippen molar-refractivity contribution in [2.24, 2.45) is 11.8 Å². The van der Waals surface area contributed by atoms with Crippen LogP contribution in [0, 0.1) is 25.7 Å². The van der Waals surface area contributed by atoms with Crippen molar-refractivity contribution in [3.05, 3.63) is 58.9 Å². The third-order valence-corrected chi connectivity index (χ3v) is 6.68. The average Bonchev–Trinajstić information content (AvgIpc) is 2.66. The smallest absolute Gasteiger partial charge is 0.122 e. The predicted octanol–water partition coefficient (Wildman–Crippen LogP) is 3.83. The molecule has 4 nitrogen and oxygen atoms in total. The van der Waals surface area contributed by atoms with Gasteiger partial charge in [-0.15, -0.1) is 0 Å². The largest absolute Gasteiger partial charge is 0.496 e. The molecule has 2 aliphatic rings. The molecule has 1 saturated heterocycles. The molecule has 1 aliphatic heterocycles. The van der Waals surface area contributed by atoms with E-state index in [0.717, 1.165) is 43.8 Å². The first kappa shape index (κ1) is 18.5. The van der Waals surface area contributed by atoms with Crippen molar-refractivity contribution in [1.82, 2.24) is 9.88 Å². The van der Waals surface area contributed by atoms with Gasteiger partial charge < -0.3 is 9.84 Å². The van der Waals surface area contributed by atoms with Crippen LogP contribution < -0.4 is 4.74 Å². The first-order valence-corrected chi connectivity index (χ1v) is 10.0. The molecule has 2 unspecified atom stereocenters. The van der Waals surface area contributed by atoms with Crippen LogP contribution in [0.3, 0.4) is 0 Å². The van der Waals surface area contributed by atoms with Gasteiger partial charge in [-0.1, -0.05) is 18.6 Å². The molecule has 0 spiro atoms. The van der Waals surface area contributed by atoms with E-state index in [1.54, 1.807) is 13.3 Å². The zero-order valence-corrected chi connectivity index (χ0v) is 16.6. The van der Waals surface area contributed by atoms with E-state index in [2.05, 4.69) is 35.9 Å². The summed E-state index contributed by atoms with van der Waals surface area (Å²) in [5, 5.41) is 11.7. The number of pyridine rings is 1. The summed E-state index contributed by atoms with van der Waals surface area (Å²) in [7, 11) is 1.73. The number of rotatable bonds is 4. The van der Waals surface area contributed by atoms with Gasteiger partial charge in [0, 0.05) is 49.4 Å². The second kappa shape index (κ2) is 7.25. The van der Waals surface area contributed by atoms with Gasteiger partial charge in [0.2, 0.25) is 0 Å². The molecule has 0 amide bonds. The molecule has 4 heteroatoms. The minimum Gasteiger partial charge on any atom is -0.496 e. The van der Waals surface area contributed by atoms with Crippen LogP contribution in [0.5, 0.6) is 5.75 Å². The van der Waals surface area contributed by atoms with E-state index in [9.17, 15) is 5.11 Å². The van der Waals surface area contributed by atoms with Crippen molar-refractivity contribution in [3.63, 3.8) is 0 Å². The minimum absolute atomic E-state index is 0.272. The van der Waals surface area contributed by atoms with Crippen molar-refractivity contribution in [1.29, 1.82) is 0 Å². The molecule has 4 rings (SSSR count). The van der Waals surface area contributed by atoms with E-state index in [1.807, 2.05) is 18.3 Å². The molecule has 2 atom stereocenters. The van der Waals surface area contributed by atoms with E-state index < -0.39 is 5.60 Å². The molecule has 2 bridgehead atoms. The molecule has 0 radical (unpaired) electrons. The van der Waals surface area contributed by atoms with E-state index in [0.29, 0.717) is 0 Å². The number of likely N-dealkylation sites (tertiary alicyclic amines) is 1. The van der Waals surface area contributed by atoms with Crippen molar-refractivity contribution >= 4 is 0 Å². The van der Waals surface area contributed by atoms with E-state index in [1.165, 1.54) is 23.1 Å². The lowest BCUT2D eigenvalue weighted by atomic mass is 9.63. The summed E-state index contributed by atoms with van der Waals surface area (Å²) >= 11 is 0. The molecular formula is C23H30N2O2. The Morgan fingerprint density at radius 2 is 1.93 bits per heavy atom. The first-order chi connectivity index (χ1) is 13.0. The Balaban J connectivity index is 1.57. The zero-order valence-electron chi connectivity index (χ0n) is 16.6. The molecule has 27 heavy (non-hydrogen) atoms. The number of aryl methyl sites for hydroxylation is 2. The fourth-order valence-electron chi connectivity index (χ4n) is 5.22. The lowest BCUT2D eigenvalue weighted by Gasteiger charge is -2.53. The van der Waals surface area contributed by atoms with Crippen LogP contribution in [0.2, 0.25) is 0 Å². The molecule has 1 saturated carbocycles. The van der Waals surface area contributed by atoms with Crippen LogP contribution in [-0.4, -0.2) is 35.2 Å². The Bertz CT molecular complexity index is 792. The minimum atomic E-state index is -0.728. The lowest BCUT2D eigenvalue weighted by Crippen LogP contribution is -2.57. The highest BCUT2D eigenvalue weighted by atomic mass is 16.5. The number of benzene rings is 1. The van der Waals surface area contributed by atoms with E-state index >= 15 is 0 Å². The number of nitrogens with zero attached hydrogens (tertiary/aromatic N) is 2.